The molecular formula is C12H14ClN3. The van der Waals surface area contributed by atoms with Gasteiger partial charge in [-0.2, -0.15) is 0 Å². The first-order chi connectivity index (χ1) is 7.45. The third-order valence-electron chi connectivity index (χ3n) is 2.11. The van der Waals surface area contributed by atoms with Crippen LogP contribution in [0.15, 0.2) is 48.9 Å². The van der Waals surface area contributed by atoms with E-state index in [9.17, 15) is 0 Å². The predicted octanol–water partition coefficient (Wildman–Crippen LogP) is 2.19. The van der Waals surface area contributed by atoms with Crippen LogP contribution in [0.4, 0.5) is 0 Å². The number of hydrogen-bond donors (Lipinski definition) is 1. The molecule has 0 atom stereocenters. The minimum atomic E-state index is 0. The first-order valence-corrected chi connectivity index (χ1v) is 4.95. The maximum Gasteiger partial charge on any atom is 0.0541 e. The SMILES string of the molecule is Cl.c1ccc(CNCc2ccncc2)nc1. The first-order valence-electron chi connectivity index (χ1n) is 4.95. The molecule has 4 heteroatoms. The van der Waals surface area contributed by atoms with E-state index in [0.29, 0.717) is 0 Å². The standard InChI is InChI=1S/C12H13N3.ClH/c1-2-6-15-12(3-1)10-14-9-11-4-7-13-8-5-11;/h1-8,14H,9-10H2;1H. The van der Waals surface area contributed by atoms with E-state index < -0.39 is 0 Å². The van der Waals surface area contributed by atoms with Crippen molar-refractivity contribution in [3.8, 4) is 0 Å². The maximum atomic E-state index is 4.24. The molecule has 0 amide bonds. The van der Waals surface area contributed by atoms with Gasteiger partial charge in [-0.1, -0.05) is 6.07 Å². The molecule has 0 radical (unpaired) electrons. The summed E-state index contributed by atoms with van der Waals surface area (Å²) in [6.07, 6.45) is 5.42. The van der Waals surface area contributed by atoms with Gasteiger partial charge in [0.15, 0.2) is 0 Å². The molecule has 2 rings (SSSR count). The Morgan fingerprint density at radius 2 is 1.75 bits per heavy atom. The second-order valence-electron chi connectivity index (χ2n) is 3.28. The highest BCUT2D eigenvalue weighted by atomic mass is 35.5. The molecule has 16 heavy (non-hydrogen) atoms. The number of halogens is 1. The Kier molecular flexibility index (Phi) is 5.46. The van der Waals surface area contributed by atoms with Crippen LogP contribution in [0.3, 0.4) is 0 Å². The van der Waals surface area contributed by atoms with Crippen molar-refractivity contribution < 1.29 is 0 Å². The minimum Gasteiger partial charge on any atom is -0.307 e. The highest BCUT2D eigenvalue weighted by molar-refractivity contribution is 5.85. The molecule has 0 unspecified atom stereocenters. The van der Waals surface area contributed by atoms with E-state index >= 15 is 0 Å². The molecule has 84 valence electrons. The van der Waals surface area contributed by atoms with Crippen LogP contribution in [-0.2, 0) is 13.1 Å². The number of rotatable bonds is 4. The summed E-state index contributed by atoms with van der Waals surface area (Å²) in [6, 6.07) is 9.94. The largest absolute Gasteiger partial charge is 0.307 e. The van der Waals surface area contributed by atoms with Gasteiger partial charge in [-0.25, -0.2) is 0 Å². The van der Waals surface area contributed by atoms with Gasteiger partial charge in [-0.05, 0) is 29.8 Å². The number of pyridine rings is 2. The van der Waals surface area contributed by atoms with Gasteiger partial charge in [0.25, 0.3) is 0 Å². The number of aromatic nitrogens is 2. The summed E-state index contributed by atoms with van der Waals surface area (Å²) in [5.74, 6) is 0. The summed E-state index contributed by atoms with van der Waals surface area (Å²) < 4.78 is 0. The molecular weight excluding hydrogens is 222 g/mol. The zero-order valence-electron chi connectivity index (χ0n) is 8.84. The van der Waals surface area contributed by atoms with Gasteiger partial charge in [0.1, 0.15) is 0 Å². The molecule has 0 aliphatic rings. The van der Waals surface area contributed by atoms with Gasteiger partial charge >= 0.3 is 0 Å². The molecule has 0 aromatic carbocycles. The highest BCUT2D eigenvalue weighted by Crippen LogP contribution is 1.97. The maximum absolute atomic E-state index is 4.24. The van der Waals surface area contributed by atoms with Crippen molar-refractivity contribution in [1.29, 1.82) is 0 Å². The molecule has 0 aliphatic heterocycles. The summed E-state index contributed by atoms with van der Waals surface area (Å²) in [6.45, 7) is 1.64. The molecule has 3 nitrogen and oxygen atoms in total. The smallest absolute Gasteiger partial charge is 0.0541 e. The van der Waals surface area contributed by atoms with E-state index in [1.165, 1.54) is 5.56 Å². The summed E-state index contributed by atoms with van der Waals surface area (Å²) in [5.41, 5.74) is 2.30. The van der Waals surface area contributed by atoms with Crippen LogP contribution in [0, 0.1) is 0 Å². The van der Waals surface area contributed by atoms with Gasteiger partial charge < -0.3 is 5.32 Å². The lowest BCUT2D eigenvalue weighted by molar-refractivity contribution is 0.679. The lowest BCUT2D eigenvalue weighted by Crippen LogP contribution is -2.13. The molecule has 2 heterocycles. The topological polar surface area (TPSA) is 37.8 Å². The second kappa shape index (κ2) is 6.93. The van der Waals surface area contributed by atoms with Crippen molar-refractivity contribution in [2.45, 2.75) is 13.1 Å². The molecule has 0 saturated heterocycles. The quantitative estimate of drug-likeness (QED) is 0.883. The lowest BCUT2D eigenvalue weighted by atomic mass is 10.2. The monoisotopic (exact) mass is 235 g/mol. The van der Waals surface area contributed by atoms with E-state index in [0.717, 1.165) is 18.8 Å². The van der Waals surface area contributed by atoms with Gasteiger partial charge in [0.05, 0.1) is 5.69 Å². The Morgan fingerprint density at radius 1 is 0.938 bits per heavy atom. The average molecular weight is 236 g/mol. The van der Waals surface area contributed by atoms with Crippen molar-refractivity contribution in [1.82, 2.24) is 15.3 Å². The summed E-state index contributed by atoms with van der Waals surface area (Å²) >= 11 is 0. The second-order valence-corrected chi connectivity index (χ2v) is 3.28. The van der Waals surface area contributed by atoms with Crippen LogP contribution in [0.5, 0.6) is 0 Å². The van der Waals surface area contributed by atoms with E-state index in [1.54, 1.807) is 12.4 Å². The number of nitrogens with one attached hydrogen (secondary N) is 1. The molecule has 0 aliphatic carbocycles. The zero-order chi connectivity index (χ0) is 10.3. The van der Waals surface area contributed by atoms with E-state index in [-0.39, 0.29) is 12.4 Å². The third kappa shape index (κ3) is 3.96. The van der Waals surface area contributed by atoms with Crippen LogP contribution in [0.1, 0.15) is 11.3 Å². The van der Waals surface area contributed by atoms with Crippen LogP contribution in [0.2, 0.25) is 0 Å². The fraction of sp³-hybridized carbons (Fsp3) is 0.167. The van der Waals surface area contributed by atoms with E-state index in [4.69, 9.17) is 0 Å². The van der Waals surface area contributed by atoms with Crippen LogP contribution < -0.4 is 5.32 Å². The van der Waals surface area contributed by atoms with Gasteiger partial charge in [-0.3, -0.25) is 9.97 Å². The molecule has 1 N–H and O–H groups in total. The van der Waals surface area contributed by atoms with E-state index in [1.807, 2.05) is 36.5 Å². The third-order valence-corrected chi connectivity index (χ3v) is 2.11. The Morgan fingerprint density at radius 3 is 2.44 bits per heavy atom. The fourth-order valence-electron chi connectivity index (χ4n) is 1.34. The number of nitrogens with zero attached hydrogens (tertiary/aromatic N) is 2. The normalized spacial score (nSPS) is 9.50. The van der Waals surface area contributed by atoms with Crippen molar-refractivity contribution in [3.05, 3.63) is 60.2 Å². The summed E-state index contributed by atoms with van der Waals surface area (Å²) in [4.78, 5) is 8.21. The fourth-order valence-corrected chi connectivity index (χ4v) is 1.34. The Balaban J connectivity index is 0.00000128. The van der Waals surface area contributed by atoms with Crippen LogP contribution in [-0.4, -0.2) is 9.97 Å². The van der Waals surface area contributed by atoms with Crippen molar-refractivity contribution in [2.75, 3.05) is 0 Å². The lowest BCUT2D eigenvalue weighted by Gasteiger charge is -2.03. The number of hydrogen-bond acceptors (Lipinski definition) is 3. The summed E-state index contributed by atoms with van der Waals surface area (Å²) in [5, 5.41) is 3.33. The van der Waals surface area contributed by atoms with E-state index in [2.05, 4.69) is 15.3 Å². The van der Waals surface area contributed by atoms with Crippen LogP contribution >= 0.6 is 12.4 Å². The molecule has 0 spiro atoms. The molecule has 0 bridgehead atoms. The summed E-state index contributed by atoms with van der Waals surface area (Å²) in [7, 11) is 0. The zero-order valence-corrected chi connectivity index (χ0v) is 9.65. The molecule has 2 aromatic heterocycles. The van der Waals surface area contributed by atoms with Crippen molar-refractivity contribution >= 4 is 12.4 Å². The Hall–Kier alpha value is -1.45. The predicted molar refractivity (Wildman–Crippen MR) is 66.3 cm³/mol. The van der Waals surface area contributed by atoms with Crippen LogP contribution in [0.25, 0.3) is 0 Å². The minimum absolute atomic E-state index is 0. The van der Waals surface area contributed by atoms with Gasteiger partial charge in [-0.15, -0.1) is 12.4 Å². The average Bonchev–Trinajstić information content (AvgIpc) is 2.32. The molecule has 0 saturated carbocycles. The van der Waals surface area contributed by atoms with Crippen molar-refractivity contribution in [3.63, 3.8) is 0 Å². The Labute approximate surface area is 101 Å². The Bertz CT molecular complexity index is 352. The molecule has 2 aromatic rings. The highest BCUT2D eigenvalue weighted by Gasteiger charge is 1.93. The van der Waals surface area contributed by atoms with Gasteiger partial charge in [0.2, 0.25) is 0 Å². The van der Waals surface area contributed by atoms with Gasteiger partial charge in [0, 0.05) is 31.7 Å². The molecule has 0 fully saturated rings. The van der Waals surface area contributed by atoms with Crippen molar-refractivity contribution in [2.24, 2.45) is 0 Å². The first kappa shape index (κ1) is 12.6.